The molecule has 2 heterocycles. The van der Waals surface area contributed by atoms with Crippen LogP contribution < -0.4 is 0 Å². The fourth-order valence-electron chi connectivity index (χ4n) is 8.27. The number of benzene rings is 8. The molecule has 0 saturated heterocycles. The molecule has 8 aromatic carbocycles. The zero-order valence-electron chi connectivity index (χ0n) is 32.9. The number of aromatic hydroxyl groups is 5. The molecule has 0 spiro atoms. The van der Waals surface area contributed by atoms with E-state index in [1.54, 1.807) is 23.5 Å². The standard InChI is InChI=1S/C52H36N4O5S/c1-53-52(55-51(32-18-9-4-10-19-32)54-29-30-14-5-2-6-15-30)37-27-26-34(31-16-7-3-8-17-31)50-43(37)44-39(22-13-23-41(44)62-50)56-38-21-12-11-20-35(38)36-25-24-33(28-40(36)56)42-45(57)47(59)49(61)48(60)46(42)58/h2-28,57-61H,1,29H2. The predicted molar refractivity (Wildman–Crippen MR) is 252 cm³/mol. The Morgan fingerprint density at radius 3 is 1.92 bits per heavy atom. The average molecular weight is 829 g/mol. The fraction of sp³-hybridized carbons (Fsp3) is 0.0192. The lowest BCUT2D eigenvalue weighted by atomic mass is 9.97. The van der Waals surface area contributed by atoms with Crippen LogP contribution in [0.25, 0.3) is 69.9 Å². The van der Waals surface area contributed by atoms with Gasteiger partial charge in [0, 0.05) is 42.1 Å². The van der Waals surface area contributed by atoms with Crippen LogP contribution in [-0.2, 0) is 6.54 Å². The molecule has 0 aliphatic carbocycles. The summed E-state index contributed by atoms with van der Waals surface area (Å²) >= 11 is 1.67. The summed E-state index contributed by atoms with van der Waals surface area (Å²) in [6.45, 7) is 4.47. The number of para-hydroxylation sites is 1. The maximum atomic E-state index is 11.0. The van der Waals surface area contributed by atoms with Crippen LogP contribution in [0, 0.1) is 0 Å². The van der Waals surface area contributed by atoms with Crippen molar-refractivity contribution in [3.8, 4) is 56.7 Å². The molecule has 0 unspecified atom stereocenters. The van der Waals surface area contributed by atoms with Crippen molar-refractivity contribution in [3.63, 3.8) is 0 Å². The molecule has 300 valence electrons. The second-order valence-electron chi connectivity index (χ2n) is 14.8. The molecule has 10 heteroatoms. The summed E-state index contributed by atoms with van der Waals surface area (Å²) in [5.41, 5.74) is 7.28. The van der Waals surface area contributed by atoms with E-state index in [0.29, 0.717) is 23.8 Å². The molecule has 0 fully saturated rings. The first-order valence-electron chi connectivity index (χ1n) is 19.8. The maximum absolute atomic E-state index is 11.0. The average Bonchev–Trinajstić information content (AvgIpc) is 3.88. The van der Waals surface area contributed by atoms with E-state index in [1.807, 2.05) is 115 Å². The van der Waals surface area contributed by atoms with E-state index in [9.17, 15) is 25.5 Å². The lowest BCUT2D eigenvalue weighted by Gasteiger charge is -2.15. The molecule has 0 amide bonds. The van der Waals surface area contributed by atoms with E-state index in [0.717, 1.165) is 75.5 Å². The molecule has 0 aliphatic rings. The van der Waals surface area contributed by atoms with Crippen LogP contribution in [0.3, 0.4) is 0 Å². The van der Waals surface area contributed by atoms with Gasteiger partial charge in [-0.1, -0.05) is 133 Å². The molecular formula is C52H36N4O5S. The van der Waals surface area contributed by atoms with Crippen LogP contribution in [0.5, 0.6) is 28.7 Å². The first kappa shape index (κ1) is 38.0. The van der Waals surface area contributed by atoms with E-state index in [1.165, 1.54) is 0 Å². The van der Waals surface area contributed by atoms with Gasteiger partial charge in [0.05, 0.1) is 28.8 Å². The van der Waals surface area contributed by atoms with Gasteiger partial charge in [-0.2, -0.15) is 0 Å². The number of hydrogen-bond acceptors (Lipinski definition) is 7. The number of fused-ring (bicyclic) bond motifs is 6. The summed E-state index contributed by atoms with van der Waals surface area (Å²) in [6, 6.07) is 53.9. The minimum absolute atomic E-state index is 0.230. The maximum Gasteiger partial charge on any atom is 0.208 e. The van der Waals surface area contributed by atoms with E-state index < -0.39 is 28.7 Å². The molecule has 0 radical (unpaired) electrons. The fourth-order valence-corrected chi connectivity index (χ4v) is 9.56. The van der Waals surface area contributed by atoms with Gasteiger partial charge in [0.25, 0.3) is 0 Å². The van der Waals surface area contributed by atoms with E-state index >= 15 is 0 Å². The third-order valence-corrected chi connectivity index (χ3v) is 12.4. The van der Waals surface area contributed by atoms with Crippen molar-refractivity contribution in [1.29, 1.82) is 0 Å². The number of phenolic OH excluding ortho intramolecular Hbond substituents is 5. The summed E-state index contributed by atoms with van der Waals surface area (Å²) < 4.78 is 4.18. The second-order valence-corrected chi connectivity index (χ2v) is 15.8. The smallest absolute Gasteiger partial charge is 0.208 e. The zero-order valence-corrected chi connectivity index (χ0v) is 33.8. The van der Waals surface area contributed by atoms with Crippen LogP contribution in [0.2, 0.25) is 0 Å². The lowest BCUT2D eigenvalue weighted by Crippen LogP contribution is -2.06. The first-order valence-corrected chi connectivity index (χ1v) is 20.6. The Labute approximate surface area is 359 Å². The number of aromatic nitrogens is 1. The molecule has 0 bridgehead atoms. The number of phenols is 5. The van der Waals surface area contributed by atoms with Gasteiger partial charge >= 0.3 is 0 Å². The Kier molecular flexibility index (Phi) is 9.46. The van der Waals surface area contributed by atoms with Crippen molar-refractivity contribution in [1.82, 2.24) is 4.57 Å². The third kappa shape index (κ3) is 6.29. The Morgan fingerprint density at radius 2 is 1.19 bits per heavy atom. The van der Waals surface area contributed by atoms with E-state index in [4.69, 9.17) is 9.98 Å². The van der Waals surface area contributed by atoms with Gasteiger partial charge in [0.15, 0.2) is 23.2 Å². The molecule has 2 aromatic heterocycles. The lowest BCUT2D eigenvalue weighted by molar-refractivity contribution is 0.330. The van der Waals surface area contributed by atoms with Gasteiger partial charge in [-0.15, -0.1) is 11.3 Å². The Hall–Kier alpha value is -8.21. The highest BCUT2D eigenvalue weighted by atomic mass is 32.1. The van der Waals surface area contributed by atoms with Gasteiger partial charge in [0.2, 0.25) is 17.2 Å². The zero-order chi connectivity index (χ0) is 42.5. The summed E-state index contributed by atoms with van der Waals surface area (Å²) in [5, 5.41) is 56.9. The highest BCUT2D eigenvalue weighted by Crippen LogP contribution is 2.55. The van der Waals surface area contributed by atoms with Crippen LogP contribution >= 0.6 is 11.3 Å². The monoisotopic (exact) mass is 828 g/mol. The minimum atomic E-state index is -1.02. The minimum Gasteiger partial charge on any atom is -0.504 e. The van der Waals surface area contributed by atoms with Gasteiger partial charge in [-0.25, -0.2) is 9.98 Å². The highest BCUT2D eigenvalue weighted by molar-refractivity contribution is 7.26. The Bertz CT molecular complexity index is 3420. The topological polar surface area (TPSA) is 143 Å². The summed E-state index contributed by atoms with van der Waals surface area (Å²) in [6.07, 6.45) is 0. The second kappa shape index (κ2) is 15.4. The molecule has 0 aliphatic heterocycles. The van der Waals surface area contributed by atoms with Crippen molar-refractivity contribution >= 4 is 71.7 Å². The summed E-state index contributed by atoms with van der Waals surface area (Å²) in [5.74, 6) is -3.52. The molecule has 62 heavy (non-hydrogen) atoms. The molecule has 10 rings (SSSR count). The van der Waals surface area contributed by atoms with Gasteiger partial charge in [0.1, 0.15) is 0 Å². The SMILES string of the molecule is C=NC(=NC(=NCc1ccccc1)c1ccccc1)c1ccc(-c2ccccc2)c2sc3cccc(-n4c5ccccc5c5ccc(-c6c(O)c(O)c(O)c(O)c6O)cc54)c3c12. The van der Waals surface area contributed by atoms with E-state index in [2.05, 4.69) is 52.7 Å². The van der Waals surface area contributed by atoms with Crippen LogP contribution in [0.1, 0.15) is 16.7 Å². The van der Waals surface area contributed by atoms with E-state index in [-0.39, 0.29) is 5.56 Å². The van der Waals surface area contributed by atoms with Crippen molar-refractivity contribution in [3.05, 3.63) is 180 Å². The van der Waals surface area contributed by atoms with Crippen molar-refractivity contribution in [2.75, 3.05) is 0 Å². The number of aliphatic imine (C=N–C) groups is 3. The number of amidine groups is 2. The van der Waals surface area contributed by atoms with Crippen LogP contribution in [0.4, 0.5) is 0 Å². The summed E-state index contributed by atoms with van der Waals surface area (Å²) in [7, 11) is 0. The molecule has 0 atom stereocenters. The first-order chi connectivity index (χ1) is 30.3. The molecule has 9 nitrogen and oxygen atoms in total. The molecule has 5 N–H and O–H groups in total. The molecular weight excluding hydrogens is 793 g/mol. The van der Waals surface area contributed by atoms with Crippen LogP contribution in [0.15, 0.2) is 179 Å². The Balaban J connectivity index is 1.28. The normalized spacial score (nSPS) is 12.2. The number of nitrogens with zero attached hydrogens (tertiary/aromatic N) is 4. The molecule has 0 saturated carbocycles. The number of thiophene rings is 1. The van der Waals surface area contributed by atoms with Crippen molar-refractivity contribution in [2.45, 2.75) is 6.54 Å². The quantitative estimate of drug-likeness (QED) is 0.0470. The van der Waals surface area contributed by atoms with Gasteiger partial charge in [-0.05, 0) is 59.3 Å². The summed E-state index contributed by atoms with van der Waals surface area (Å²) in [4.78, 5) is 14.8. The predicted octanol–water partition coefficient (Wildman–Crippen LogP) is 12.1. The molecule has 10 aromatic rings. The van der Waals surface area contributed by atoms with Crippen LogP contribution in [-0.4, -0.2) is 48.5 Å². The van der Waals surface area contributed by atoms with Gasteiger partial charge < -0.3 is 30.1 Å². The van der Waals surface area contributed by atoms with Crippen molar-refractivity contribution < 1.29 is 25.5 Å². The van der Waals surface area contributed by atoms with Crippen molar-refractivity contribution in [2.24, 2.45) is 15.0 Å². The largest absolute Gasteiger partial charge is 0.504 e. The Morgan fingerprint density at radius 1 is 0.548 bits per heavy atom. The van der Waals surface area contributed by atoms with Gasteiger partial charge in [-0.3, -0.25) is 4.99 Å². The highest BCUT2D eigenvalue weighted by Gasteiger charge is 2.26. The third-order valence-electron chi connectivity index (χ3n) is 11.2. The number of hydrogen-bond donors (Lipinski definition) is 5. The number of rotatable bonds is 7.